The van der Waals surface area contributed by atoms with Crippen LogP contribution < -0.4 is 4.31 Å². The topological polar surface area (TPSA) is 20.3 Å². The zero-order chi connectivity index (χ0) is 11.2. The highest BCUT2D eigenvalue weighted by Gasteiger charge is 2.27. The van der Waals surface area contributed by atoms with Crippen molar-refractivity contribution in [3.63, 3.8) is 0 Å². The Bertz CT molecular complexity index is 431. The van der Waals surface area contributed by atoms with Gasteiger partial charge in [-0.25, -0.2) is 8.60 Å². The summed E-state index contributed by atoms with van der Waals surface area (Å²) in [7, 11) is 0.630. The molecule has 1 heterocycles. The minimum atomic E-state index is -1.10. The maximum absolute atomic E-state index is 14.0. The summed E-state index contributed by atoms with van der Waals surface area (Å²) in [5.74, 6) is 0.285. The van der Waals surface area contributed by atoms with Gasteiger partial charge in [0.15, 0.2) is 0 Å². The van der Waals surface area contributed by atoms with Crippen molar-refractivity contribution in [1.82, 2.24) is 0 Å². The van der Waals surface area contributed by atoms with E-state index in [1.807, 2.05) is 19.9 Å². The molecule has 1 atom stereocenters. The molecule has 82 valence electrons. The number of halogens is 1. The molecule has 1 aliphatic rings. The molecule has 1 aliphatic heterocycles. The van der Waals surface area contributed by atoms with Crippen molar-refractivity contribution in [2.24, 2.45) is 0 Å². The van der Waals surface area contributed by atoms with Gasteiger partial charge in [-0.2, -0.15) is 0 Å². The summed E-state index contributed by atoms with van der Waals surface area (Å²) < 4.78 is 27.2. The molecule has 4 heteroatoms. The van der Waals surface area contributed by atoms with Gasteiger partial charge in [-0.15, -0.1) is 0 Å². The van der Waals surface area contributed by atoms with Gasteiger partial charge in [0, 0.05) is 12.6 Å². The van der Waals surface area contributed by atoms with Crippen LogP contribution in [0.1, 0.15) is 30.9 Å². The van der Waals surface area contributed by atoms with E-state index in [1.165, 1.54) is 0 Å². The van der Waals surface area contributed by atoms with Gasteiger partial charge in [0.2, 0.25) is 0 Å². The van der Waals surface area contributed by atoms with E-state index >= 15 is 0 Å². The highest BCUT2D eigenvalue weighted by Crippen LogP contribution is 2.35. The minimum Gasteiger partial charge on any atom is -0.294 e. The molecule has 0 radical (unpaired) electrons. The summed E-state index contributed by atoms with van der Waals surface area (Å²) in [6.45, 7) is 3.92. The van der Waals surface area contributed by atoms with Crippen molar-refractivity contribution in [2.45, 2.75) is 25.5 Å². The summed E-state index contributed by atoms with van der Waals surface area (Å²) in [6.07, 6.45) is 0. The summed E-state index contributed by atoms with van der Waals surface area (Å²) in [4.78, 5) is 0. The molecular weight excluding hydrogens is 213 g/mol. The third kappa shape index (κ3) is 1.57. The van der Waals surface area contributed by atoms with E-state index in [-0.39, 0.29) is 11.7 Å². The minimum absolute atomic E-state index is 0.162. The average molecular weight is 227 g/mol. The van der Waals surface area contributed by atoms with Crippen molar-refractivity contribution >= 4 is 16.7 Å². The predicted octanol–water partition coefficient (Wildman–Crippen LogP) is 2.56. The SMILES string of the molecule is CC(C)c1ccc2c(c1F)CS(=O)N2C. The predicted molar refractivity (Wildman–Crippen MR) is 60.7 cm³/mol. The summed E-state index contributed by atoms with van der Waals surface area (Å²) in [5.41, 5.74) is 2.07. The fraction of sp³-hybridized carbons (Fsp3) is 0.455. The standard InChI is InChI=1S/C11H14FNOS/c1-7(2)8-4-5-10-9(11(8)12)6-15(14)13(10)3/h4-5,7H,6H2,1-3H3. The van der Waals surface area contributed by atoms with Crippen LogP contribution in [-0.2, 0) is 16.7 Å². The molecule has 2 nitrogen and oxygen atoms in total. The third-order valence-electron chi connectivity index (χ3n) is 2.78. The van der Waals surface area contributed by atoms with Gasteiger partial charge in [-0.3, -0.25) is 4.31 Å². The van der Waals surface area contributed by atoms with Crippen LogP contribution in [-0.4, -0.2) is 11.3 Å². The molecular formula is C11H14FNOS. The first kappa shape index (κ1) is 10.6. The second-order valence-electron chi connectivity index (χ2n) is 4.08. The van der Waals surface area contributed by atoms with Gasteiger partial charge < -0.3 is 0 Å². The van der Waals surface area contributed by atoms with Crippen LogP contribution in [0.5, 0.6) is 0 Å². The number of fused-ring (bicyclic) bond motifs is 1. The zero-order valence-corrected chi connectivity index (χ0v) is 9.90. The number of rotatable bonds is 1. The van der Waals surface area contributed by atoms with Gasteiger partial charge in [-0.1, -0.05) is 19.9 Å². The van der Waals surface area contributed by atoms with Gasteiger partial charge in [0.25, 0.3) is 0 Å². The Labute approximate surface area is 91.7 Å². The number of hydrogen-bond acceptors (Lipinski definition) is 1. The molecule has 0 spiro atoms. The van der Waals surface area contributed by atoms with E-state index in [1.54, 1.807) is 17.4 Å². The summed E-state index contributed by atoms with van der Waals surface area (Å²) in [6, 6.07) is 3.65. The average Bonchev–Trinajstić information content (AvgIpc) is 2.45. The molecule has 0 amide bonds. The molecule has 0 saturated carbocycles. The Kier molecular flexibility index (Phi) is 2.54. The maximum atomic E-state index is 14.0. The van der Waals surface area contributed by atoms with Crippen molar-refractivity contribution in [3.8, 4) is 0 Å². The molecule has 1 aromatic rings. The Morgan fingerprint density at radius 2 is 2.13 bits per heavy atom. The van der Waals surface area contributed by atoms with Crippen molar-refractivity contribution in [2.75, 3.05) is 11.4 Å². The largest absolute Gasteiger partial charge is 0.294 e. The lowest BCUT2D eigenvalue weighted by atomic mass is 9.99. The number of anilines is 1. The molecule has 0 saturated heterocycles. The number of nitrogens with zero attached hydrogens (tertiary/aromatic N) is 1. The molecule has 2 rings (SSSR count). The Hall–Kier alpha value is -0.900. The van der Waals surface area contributed by atoms with Crippen LogP contribution >= 0.6 is 0 Å². The van der Waals surface area contributed by atoms with Crippen LogP contribution in [0.25, 0.3) is 0 Å². The molecule has 1 aromatic carbocycles. The van der Waals surface area contributed by atoms with E-state index in [0.29, 0.717) is 16.9 Å². The van der Waals surface area contributed by atoms with Crippen LogP contribution in [0.15, 0.2) is 12.1 Å². The Morgan fingerprint density at radius 3 is 2.73 bits per heavy atom. The van der Waals surface area contributed by atoms with E-state index < -0.39 is 11.0 Å². The van der Waals surface area contributed by atoms with Gasteiger partial charge in [-0.05, 0) is 17.5 Å². The molecule has 0 aromatic heterocycles. The molecule has 1 unspecified atom stereocenters. The number of benzene rings is 1. The third-order valence-corrected chi connectivity index (χ3v) is 4.13. The van der Waals surface area contributed by atoms with Gasteiger partial charge in [0.1, 0.15) is 16.8 Å². The first-order valence-corrected chi connectivity index (χ1v) is 6.23. The van der Waals surface area contributed by atoms with Crippen molar-refractivity contribution in [3.05, 3.63) is 29.1 Å². The summed E-state index contributed by atoms with van der Waals surface area (Å²) >= 11 is 0. The lowest BCUT2D eigenvalue weighted by Crippen LogP contribution is -2.14. The van der Waals surface area contributed by atoms with Gasteiger partial charge in [0.05, 0.1) is 11.4 Å². The number of hydrogen-bond donors (Lipinski definition) is 0. The smallest absolute Gasteiger partial charge is 0.132 e. The van der Waals surface area contributed by atoms with Crippen LogP contribution in [0.2, 0.25) is 0 Å². The van der Waals surface area contributed by atoms with Crippen molar-refractivity contribution in [1.29, 1.82) is 0 Å². The molecule has 0 bridgehead atoms. The van der Waals surface area contributed by atoms with Crippen LogP contribution in [0.3, 0.4) is 0 Å². The fourth-order valence-corrected chi connectivity index (χ4v) is 2.94. The molecule has 0 fully saturated rings. The molecule has 0 aliphatic carbocycles. The maximum Gasteiger partial charge on any atom is 0.132 e. The first-order valence-electron chi connectivity index (χ1n) is 4.96. The van der Waals surface area contributed by atoms with E-state index in [4.69, 9.17) is 0 Å². The van der Waals surface area contributed by atoms with Crippen LogP contribution in [0.4, 0.5) is 10.1 Å². The van der Waals surface area contributed by atoms with Crippen LogP contribution in [0, 0.1) is 5.82 Å². The first-order chi connectivity index (χ1) is 7.02. The fourth-order valence-electron chi connectivity index (χ4n) is 1.84. The molecule has 15 heavy (non-hydrogen) atoms. The van der Waals surface area contributed by atoms with E-state index in [9.17, 15) is 8.60 Å². The van der Waals surface area contributed by atoms with Gasteiger partial charge >= 0.3 is 0 Å². The second kappa shape index (κ2) is 3.59. The van der Waals surface area contributed by atoms with Crippen molar-refractivity contribution < 1.29 is 8.60 Å². The lowest BCUT2D eigenvalue weighted by molar-refractivity contribution is 0.589. The quantitative estimate of drug-likeness (QED) is 0.722. The normalized spacial score (nSPS) is 19.8. The summed E-state index contributed by atoms with van der Waals surface area (Å²) in [5, 5.41) is 0. The van der Waals surface area contributed by atoms with E-state index in [0.717, 1.165) is 5.69 Å². The monoisotopic (exact) mass is 227 g/mol. The Morgan fingerprint density at radius 1 is 1.47 bits per heavy atom. The molecule has 0 N–H and O–H groups in total. The highest BCUT2D eigenvalue weighted by molar-refractivity contribution is 7.86. The second-order valence-corrected chi connectivity index (χ2v) is 5.56. The lowest BCUT2D eigenvalue weighted by Gasteiger charge is -2.13. The highest BCUT2D eigenvalue weighted by atomic mass is 32.2. The van der Waals surface area contributed by atoms with E-state index in [2.05, 4.69) is 0 Å². The Balaban J connectivity index is 2.57. The zero-order valence-electron chi connectivity index (χ0n) is 9.08.